The molecule has 0 unspecified atom stereocenters. The first-order valence-corrected chi connectivity index (χ1v) is 8.30. The summed E-state index contributed by atoms with van der Waals surface area (Å²) in [4.78, 5) is 4.17. The summed E-state index contributed by atoms with van der Waals surface area (Å²) in [7, 11) is -3.65. The molecule has 0 bridgehead atoms. The van der Waals surface area contributed by atoms with E-state index in [1.54, 1.807) is 6.92 Å². The number of rotatable bonds is 5. The van der Waals surface area contributed by atoms with Crippen molar-refractivity contribution in [2.75, 3.05) is 18.4 Å². The van der Waals surface area contributed by atoms with E-state index in [-0.39, 0.29) is 4.21 Å². The van der Waals surface area contributed by atoms with Gasteiger partial charge in [-0.15, -0.1) is 0 Å². The fourth-order valence-corrected chi connectivity index (χ4v) is 3.96. The topological polar surface area (TPSA) is 97.1 Å². The first kappa shape index (κ1) is 13.7. The number of aryl methyl sites for hydroxylation is 1. The molecule has 2 heterocycles. The lowest BCUT2D eigenvalue weighted by atomic mass is 10.2. The molecule has 8 heteroatoms. The molecule has 6 nitrogen and oxygen atoms in total. The lowest BCUT2D eigenvalue weighted by Gasteiger charge is -2.09. The van der Waals surface area contributed by atoms with Gasteiger partial charge in [-0.05, 0) is 32.7 Å². The molecule has 18 heavy (non-hydrogen) atoms. The van der Waals surface area contributed by atoms with Crippen LogP contribution in [-0.2, 0) is 10.0 Å². The molecule has 0 spiro atoms. The summed E-state index contributed by atoms with van der Waals surface area (Å²) in [5, 5.41) is 12.3. The molecule has 2 rings (SSSR count). The van der Waals surface area contributed by atoms with Crippen LogP contribution in [-0.4, -0.2) is 32.5 Å². The van der Waals surface area contributed by atoms with Gasteiger partial charge in [0, 0.05) is 12.6 Å². The summed E-state index contributed by atoms with van der Waals surface area (Å²) >= 11 is 1.09. The van der Waals surface area contributed by atoms with Crippen molar-refractivity contribution in [1.82, 2.24) is 10.3 Å². The van der Waals surface area contributed by atoms with Crippen LogP contribution in [0.25, 0.3) is 0 Å². The van der Waals surface area contributed by atoms with Crippen LogP contribution in [0.3, 0.4) is 0 Å². The molecule has 0 aromatic carbocycles. The molecule has 4 N–H and O–H groups in total. The molecular formula is C10H18N4O2S2. The second-order valence-corrected chi connectivity index (χ2v) is 7.20. The number of anilines is 1. The van der Waals surface area contributed by atoms with Crippen LogP contribution in [0, 0.1) is 6.92 Å². The highest BCUT2D eigenvalue weighted by Crippen LogP contribution is 2.25. The normalized spacial score (nSPS) is 20.2. The maximum atomic E-state index is 11.3. The van der Waals surface area contributed by atoms with E-state index in [9.17, 15) is 8.42 Å². The monoisotopic (exact) mass is 290 g/mol. The number of nitrogens with two attached hydrogens (primary N) is 1. The predicted octanol–water partition coefficient (Wildman–Crippen LogP) is 0.653. The van der Waals surface area contributed by atoms with Gasteiger partial charge in [0.1, 0.15) is 0 Å². The van der Waals surface area contributed by atoms with Gasteiger partial charge in [0.2, 0.25) is 10.0 Å². The zero-order valence-electron chi connectivity index (χ0n) is 10.3. The van der Waals surface area contributed by atoms with E-state index in [4.69, 9.17) is 5.14 Å². The van der Waals surface area contributed by atoms with Gasteiger partial charge in [0.05, 0.1) is 5.69 Å². The molecule has 0 radical (unpaired) electrons. The lowest BCUT2D eigenvalue weighted by Crippen LogP contribution is -2.24. The molecule has 0 aliphatic carbocycles. The van der Waals surface area contributed by atoms with Crippen molar-refractivity contribution in [3.63, 3.8) is 0 Å². The van der Waals surface area contributed by atoms with Crippen LogP contribution >= 0.6 is 11.3 Å². The summed E-state index contributed by atoms with van der Waals surface area (Å²) in [6.07, 6.45) is 3.46. The largest absolute Gasteiger partial charge is 0.361 e. The number of primary sulfonamides is 1. The zero-order chi connectivity index (χ0) is 13.2. The van der Waals surface area contributed by atoms with E-state index in [0.29, 0.717) is 16.9 Å². The summed E-state index contributed by atoms with van der Waals surface area (Å²) in [5.74, 6) is 0. The van der Waals surface area contributed by atoms with Crippen molar-refractivity contribution in [3.05, 3.63) is 5.69 Å². The van der Waals surface area contributed by atoms with Gasteiger partial charge in [-0.25, -0.2) is 18.5 Å². The Morgan fingerprint density at radius 1 is 1.61 bits per heavy atom. The fourth-order valence-electron chi connectivity index (χ4n) is 2.08. The van der Waals surface area contributed by atoms with Crippen LogP contribution in [0.1, 0.15) is 25.0 Å². The van der Waals surface area contributed by atoms with Gasteiger partial charge in [-0.2, -0.15) is 0 Å². The molecule has 0 amide bonds. The van der Waals surface area contributed by atoms with Crippen molar-refractivity contribution >= 4 is 26.5 Å². The molecule has 102 valence electrons. The summed E-state index contributed by atoms with van der Waals surface area (Å²) in [5.41, 5.74) is 0.462. The minimum atomic E-state index is -3.65. The van der Waals surface area contributed by atoms with Gasteiger partial charge < -0.3 is 10.6 Å². The number of sulfonamides is 1. The van der Waals surface area contributed by atoms with Crippen molar-refractivity contribution in [3.8, 4) is 0 Å². The summed E-state index contributed by atoms with van der Waals surface area (Å²) in [6, 6.07) is 0.566. The minimum Gasteiger partial charge on any atom is -0.361 e. The average Bonchev–Trinajstić information content (AvgIpc) is 2.87. The molecule has 1 aromatic rings. The van der Waals surface area contributed by atoms with Crippen LogP contribution in [0.5, 0.6) is 0 Å². The Morgan fingerprint density at radius 3 is 2.94 bits per heavy atom. The van der Waals surface area contributed by atoms with Gasteiger partial charge in [0.15, 0.2) is 9.34 Å². The molecule has 0 saturated carbocycles. The molecular weight excluding hydrogens is 272 g/mol. The van der Waals surface area contributed by atoms with E-state index in [0.717, 1.165) is 30.8 Å². The van der Waals surface area contributed by atoms with Crippen molar-refractivity contribution in [2.24, 2.45) is 5.14 Å². The Bertz CT molecular complexity index is 506. The van der Waals surface area contributed by atoms with Crippen molar-refractivity contribution < 1.29 is 8.42 Å². The summed E-state index contributed by atoms with van der Waals surface area (Å²) < 4.78 is 22.7. The molecule has 1 saturated heterocycles. The maximum absolute atomic E-state index is 11.3. The second kappa shape index (κ2) is 5.52. The highest BCUT2D eigenvalue weighted by Gasteiger charge is 2.18. The Hall–Kier alpha value is -0.700. The third-order valence-electron chi connectivity index (χ3n) is 2.94. The third kappa shape index (κ3) is 3.41. The van der Waals surface area contributed by atoms with Crippen LogP contribution in [0.15, 0.2) is 4.21 Å². The Balaban J connectivity index is 1.90. The molecule has 1 aliphatic heterocycles. The molecule has 1 aliphatic rings. The fraction of sp³-hybridized carbons (Fsp3) is 0.700. The van der Waals surface area contributed by atoms with Crippen LogP contribution < -0.4 is 15.8 Å². The van der Waals surface area contributed by atoms with Gasteiger partial charge in [-0.3, -0.25) is 0 Å². The van der Waals surface area contributed by atoms with E-state index >= 15 is 0 Å². The quantitative estimate of drug-likeness (QED) is 0.740. The van der Waals surface area contributed by atoms with Gasteiger partial charge >= 0.3 is 0 Å². The first-order chi connectivity index (χ1) is 8.47. The number of nitrogens with zero attached hydrogens (tertiary/aromatic N) is 1. The summed E-state index contributed by atoms with van der Waals surface area (Å²) in [6.45, 7) is 3.53. The third-order valence-corrected chi connectivity index (χ3v) is 5.61. The average molecular weight is 290 g/mol. The highest BCUT2D eigenvalue weighted by molar-refractivity contribution is 7.91. The smallest absolute Gasteiger partial charge is 0.249 e. The van der Waals surface area contributed by atoms with E-state index in [1.165, 1.54) is 12.8 Å². The Labute approximate surface area is 111 Å². The minimum absolute atomic E-state index is 0.143. The van der Waals surface area contributed by atoms with Crippen LogP contribution in [0.4, 0.5) is 5.13 Å². The van der Waals surface area contributed by atoms with Crippen LogP contribution in [0.2, 0.25) is 0 Å². The maximum Gasteiger partial charge on any atom is 0.249 e. The SMILES string of the molecule is Cc1nc(NCC[C@H]2CCCN2)sc1S(N)(=O)=O. The molecule has 1 atom stereocenters. The van der Waals surface area contributed by atoms with Crippen molar-refractivity contribution in [2.45, 2.75) is 36.4 Å². The zero-order valence-corrected chi connectivity index (χ0v) is 11.9. The van der Waals surface area contributed by atoms with E-state index < -0.39 is 10.0 Å². The second-order valence-electron chi connectivity index (χ2n) is 4.45. The number of aromatic nitrogens is 1. The van der Waals surface area contributed by atoms with Gasteiger partial charge in [0.25, 0.3) is 0 Å². The number of thiazole rings is 1. The standard InChI is InChI=1S/C10H18N4O2S2/c1-7-9(18(11,15)16)17-10(14-7)13-6-4-8-3-2-5-12-8/h8,12H,2-6H2,1H3,(H,13,14)(H2,11,15,16)/t8-/m1/s1. The van der Waals surface area contributed by atoms with E-state index in [1.807, 2.05) is 0 Å². The van der Waals surface area contributed by atoms with E-state index in [2.05, 4.69) is 15.6 Å². The predicted molar refractivity (Wildman–Crippen MR) is 72.4 cm³/mol. The van der Waals surface area contributed by atoms with Gasteiger partial charge in [-0.1, -0.05) is 11.3 Å². The number of nitrogens with one attached hydrogen (secondary N) is 2. The lowest BCUT2D eigenvalue weighted by molar-refractivity contribution is 0.574. The Morgan fingerprint density at radius 2 is 2.39 bits per heavy atom. The highest BCUT2D eigenvalue weighted by atomic mass is 32.2. The number of hydrogen-bond donors (Lipinski definition) is 3. The first-order valence-electron chi connectivity index (χ1n) is 5.94. The van der Waals surface area contributed by atoms with Crippen molar-refractivity contribution in [1.29, 1.82) is 0 Å². The number of hydrogen-bond acceptors (Lipinski definition) is 6. The molecule has 1 fully saturated rings. The Kier molecular flexibility index (Phi) is 4.21. The molecule has 1 aromatic heterocycles.